The minimum atomic E-state index is -5.16. The predicted octanol–water partition coefficient (Wildman–Crippen LogP) is 5.91. The quantitative estimate of drug-likeness (QED) is 0.298. The highest BCUT2D eigenvalue weighted by Gasteiger charge is 2.48. The number of carbonyl (C=O) groups excluding carboxylic acids is 1. The number of aromatic hydroxyl groups is 1. The fraction of sp³-hybridized carbons (Fsp3) is 0.321. The minimum absolute atomic E-state index is 0.190. The van der Waals surface area contributed by atoms with E-state index in [4.69, 9.17) is 0 Å². The van der Waals surface area contributed by atoms with Gasteiger partial charge in [-0.25, -0.2) is 18.6 Å². The number of alkyl halides is 3. The Bertz CT molecular complexity index is 1650. The molecule has 1 saturated heterocycles. The van der Waals surface area contributed by atoms with Crippen molar-refractivity contribution in [3.8, 4) is 17.0 Å². The number of carbonyl (C=O) groups is 1. The molecule has 2 aliphatic rings. The van der Waals surface area contributed by atoms with Gasteiger partial charge in [-0.1, -0.05) is 18.2 Å². The minimum Gasteiger partial charge on any atom is -0.503 e. The number of nitrogens with zero attached hydrogens (tertiary/aromatic N) is 5. The van der Waals surface area contributed by atoms with Gasteiger partial charge in [0.05, 0.1) is 16.6 Å². The largest absolute Gasteiger partial charge is 0.503 e. The zero-order chi connectivity index (χ0) is 29.1. The molecule has 1 aliphatic carbocycles. The van der Waals surface area contributed by atoms with E-state index in [0.717, 1.165) is 19.3 Å². The van der Waals surface area contributed by atoms with Crippen molar-refractivity contribution in [2.45, 2.75) is 31.0 Å². The number of para-hydroxylation sites is 1. The lowest BCUT2D eigenvalue weighted by molar-refractivity contribution is -0.140. The Hall–Kier alpha value is -4.42. The molecule has 3 heterocycles. The fourth-order valence-electron chi connectivity index (χ4n) is 5.74. The number of aromatic nitrogens is 3. The van der Waals surface area contributed by atoms with Crippen LogP contribution >= 0.6 is 0 Å². The second-order valence-corrected chi connectivity index (χ2v) is 10.4. The first-order chi connectivity index (χ1) is 19.5. The third-order valence-corrected chi connectivity index (χ3v) is 7.98. The van der Waals surface area contributed by atoms with Crippen molar-refractivity contribution in [3.05, 3.63) is 65.9 Å². The number of hydrogen-bond acceptors (Lipinski definition) is 5. The molecular formula is C28H25F5N6O2. The first kappa shape index (κ1) is 26.8. The molecule has 214 valence electrons. The van der Waals surface area contributed by atoms with Crippen molar-refractivity contribution in [2.75, 3.05) is 29.9 Å². The topological polar surface area (TPSA) is 86.5 Å². The molecule has 4 aromatic rings. The molecule has 2 fully saturated rings. The van der Waals surface area contributed by atoms with Crippen molar-refractivity contribution < 1.29 is 31.9 Å². The van der Waals surface area contributed by atoms with Gasteiger partial charge in [0, 0.05) is 55.6 Å². The Balaban J connectivity index is 1.32. The van der Waals surface area contributed by atoms with Crippen molar-refractivity contribution in [1.82, 2.24) is 19.7 Å². The maximum absolute atomic E-state index is 14.8. The third-order valence-electron chi connectivity index (χ3n) is 7.98. The van der Waals surface area contributed by atoms with E-state index in [1.807, 2.05) is 30.3 Å². The molecule has 8 nitrogen and oxygen atoms in total. The molecule has 1 saturated carbocycles. The number of benzene rings is 2. The van der Waals surface area contributed by atoms with Crippen LogP contribution in [0.4, 0.5) is 38.3 Å². The number of fused-ring (bicyclic) bond motifs is 1. The molecular weight excluding hydrogens is 547 g/mol. The van der Waals surface area contributed by atoms with Crippen molar-refractivity contribution in [1.29, 1.82) is 0 Å². The SMILES string of the molecule is Cn1nc(-c2cc(C(F)(F)F)c(F)c(O)c2F)c2cnc(N3CCN(C(=O)Nc4ccccc4)CC34CCC4)cc21. The van der Waals surface area contributed by atoms with E-state index in [-0.39, 0.29) is 22.7 Å². The summed E-state index contributed by atoms with van der Waals surface area (Å²) in [6, 6.07) is 11.0. The smallest absolute Gasteiger partial charge is 0.419 e. The van der Waals surface area contributed by atoms with E-state index in [9.17, 15) is 31.9 Å². The van der Waals surface area contributed by atoms with E-state index in [2.05, 4.69) is 20.3 Å². The molecule has 6 rings (SSSR count). The van der Waals surface area contributed by atoms with Crippen LogP contribution < -0.4 is 10.2 Å². The zero-order valence-corrected chi connectivity index (χ0v) is 21.8. The number of phenols is 1. The molecule has 0 unspecified atom stereocenters. The lowest BCUT2D eigenvalue weighted by Crippen LogP contribution is -2.67. The summed E-state index contributed by atoms with van der Waals surface area (Å²) in [6.07, 6.45) is -1.09. The molecule has 2 aromatic carbocycles. The van der Waals surface area contributed by atoms with Crippen molar-refractivity contribution in [2.24, 2.45) is 7.05 Å². The van der Waals surface area contributed by atoms with Crippen LogP contribution in [0.5, 0.6) is 5.75 Å². The molecule has 0 atom stereocenters. The van der Waals surface area contributed by atoms with Crippen LogP contribution in [0.2, 0.25) is 0 Å². The molecule has 1 aliphatic heterocycles. The first-order valence-electron chi connectivity index (χ1n) is 13.0. The molecule has 2 amide bonds. The Morgan fingerprint density at radius 1 is 1.07 bits per heavy atom. The summed E-state index contributed by atoms with van der Waals surface area (Å²) in [5.74, 6) is -4.76. The predicted molar refractivity (Wildman–Crippen MR) is 141 cm³/mol. The average Bonchev–Trinajstić information content (AvgIpc) is 3.25. The van der Waals surface area contributed by atoms with Crippen molar-refractivity contribution in [3.63, 3.8) is 0 Å². The van der Waals surface area contributed by atoms with Crippen molar-refractivity contribution >= 4 is 28.4 Å². The number of hydrogen-bond donors (Lipinski definition) is 2. The van der Waals surface area contributed by atoms with Gasteiger partial charge in [-0.3, -0.25) is 4.68 Å². The van der Waals surface area contributed by atoms with E-state index >= 15 is 0 Å². The average molecular weight is 573 g/mol. The highest BCUT2D eigenvalue weighted by Crippen LogP contribution is 2.44. The third kappa shape index (κ3) is 4.49. The zero-order valence-electron chi connectivity index (χ0n) is 21.8. The summed E-state index contributed by atoms with van der Waals surface area (Å²) in [5, 5.41) is 17.1. The summed E-state index contributed by atoms with van der Waals surface area (Å²) in [4.78, 5) is 21.5. The lowest BCUT2D eigenvalue weighted by Gasteiger charge is -2.56. The van der Waals surface area contributed by atoms with Gasteiger partial charge in [0.25, 0.3) is 0 Å². The van der Waals surface area contributed by atoms with Gasteiger partial charge in [0.15, 0.2) is 17.4 Å². The van der Waals surface area contributed by atoms with Gasteiger partial charge in [-0.15, -0.1) is 0 Å². The molecule has 0 bridgehead atoms. The number of anilines is 2. The normalized spacial score (nSPS) is 16.7. The first-order valence-corrected chi connectivity index (χ1v) is 13.0. The van der Waals surface area contributed by atoms with Crippen LogP contribution in [0.3, 0.4) is 0 Å². The maximum Gasteiger partial charge on any atom is 0.419 e. The second-order valence-electron chi connectivity index (χ2n) is 10.4. The molecule has 2 N–H and O–H groups in total. The highest BCUT2D eigenvalue weighted by molar-refractivity contribution is 5.94. The van der Waals surface area contributed by atoms with Gasteiger partial charge in [-0.2, -0.15) is 18.3 Å². The number of amides is 2. The van der Waals surface area contributed by atoms with Crippen LogP contribution in [0, 0.1) is 11.6 Å². The summed E-state index contributed by atoms with van der Waals surface area (Å²) in [6.45, 7) is 1.43. The molecule has 41 heavy (non-hydrogen) atoms. The lowest BCUT2D eigenvalue weighted by atomic mass is 9.73. The molecule has 13 heteroatoms. The standard InChI is InChI=1S/C28H25F5N6O2/c1-37-20-13-21(34-14-18(20)24(36-37)17-12-19(28(31,32)33)23(30)25(40)22(17)29)39-11-10-38(15-27(39)8-5-9-27)26(41)35-16-6-3-2-4-7-16/h2-4,6-7,12-14,40H,5,8-11,15H2,1H3,(H,35,41). The number of pyridine rings is 1. The Morgan fingerprint density at radius 3 is 2.46 bits per heavy atom. The molecule has 2 aromatic heterocycles. The molecule has 0 radical (unpaired) electrons. The number of nitrogens with one attached hydrogen (secondary N) is 1. The summed E-state index contributed by atoms with van der Waals surface area (Å²) in [5.41, 5.74) is -1.86. The van der Waals surface area contributed by atoms with Crippen LogP contribution in [0.1, 0.15) is 24.8 Å². The second kappa shape index (κ2) is 9.60. The van der Waals surface area contributed by atoms with E-state index in [0.29, 0.717) is 42.7 Å². The van der Waals surface area contributed by atoms with Crippen LogP contribution in [-0.2, 0) is 13.2 Å². The number of rotatable bonds is 3. The maximum atomic E-state index is 14.8. The van der Waals surface area contributed by atoms with Crippen LogP contribution in [0.15, 0.2) is 48.7 Å². The van der Waals surface area contributed by atoms with E-state index < -0.39 is 34.7 Å². The Kier molecular flexibility index (Phi) is 6.27. The number of urea groups is 1. The van der Waals surface area contributed by atoms with E-state index in [1.165, 1.54) is 10.9 Å². The summed E-state index contributed by atoms with van der Waals surface area (Å²) < 4.78 is 70.4. The van der Waals surface area contributed by atoms with Crippen LogP contribution in [-0.4, -0.2) is 56.0 Å². The molecule has 1 spiro atoms. The van der Waals surface area contributed by atoms with E-state index in [1.54, 1.807) is 18.0 Å². The summed E-state index contributed by atoms with van der Waals surface area (Å²) in [7, 11) is 1.55. The van der Waals surface area contributed by atoms with Gasteiger partial charge in [0.2, 0.25) is 0 Å². The number of halogens is 5. The Morgan fingerprint density at radius 2 is 1.80 bits per heavy atom. The Labute approximate surface area is 231 Å². The van der Waals surface area contributed by atoms with Gasteiger partial charge >= 0.3 is 12.2 Å². The number of phenolic OH excluding ortho intramolecular Hbond substituents is 1. The highest BCUT2D eigenvalue weighted by atomic mass is 19.4. The van der Waals surface area contributed by atoms with Gasteiger partial charge in [0.1, 0.15) is 11.5 Å². The monoisotopic (exact) mass is 572 g/mol. The summed E-state index contributed by atoms with van der Waals surface area (Å²) >= 11 is 0. The fourth-order valence-corrected chi connectivity index (χ4v) is 5.74. The van der Waals surface area contributed by atoms with Gasteiger partial charge < -0.3 is 20.2 Å². The van der Waals surface area contributed by atoms with Gasteiger partial charge in [-0.05, 0) is 37.5 Å². The van der Waals surface area contributed by atoms with Crippen LogP contribution in [0.25, 0.3) is 22.2 Å². The number of aryl methyl sites for hydroxylation is 1. The number of piperazine rings is 1.